The van der Waals surface area contributed by atoms with Crippen molar-refractivity contribution in [2.45, 2.75) is 90.4 Å². The Kier molecular flexibility index (Phi) is 11.8. The van der Waals surface area contributed by atoms with E-state index in [2.05, 4.69) is 36.6 Å². The summed E-state index contributed by atoms with van der Waals surface area (Å²) in [5, 5.41) is 5.35. The molecule has 0 aliphatic carbocycles. The van der Waals surface area contributed by atoms with Crippen molar-refractivity contribution in [2.24, 2.45) is 11.8 Å². The molecule has 2 aliphatic rings. The highest BCUT2D eigenvalue weighted by Crippen LogP contribution is 2.33. The van der Waals surface area contributed by atoms with Crippen molar-refractivity contribution in [1.82, 2.24) is 40.4 Å². The Bertz CT molecular complexity index is 1380. The third-order valence-corrected chi connectivity index (χ3v) is 8.63. The molecule has 0 saturated carbocycles. The molecule has 3 unspecified atom stereocenters. The van der Waals surface area contributed by atoms with Crippen molar-refractivity contribution < 1.29 is 28.7 Å². The first-order chi connectivity index (χ1) is 22.0. The number of methoxy groups -OCH3 is 2. The Balaban J connectivity index is 1.32. The molecule has 46 heavy (non-hydrogen) atoms. The first-order valence-electron chi connectivity index (χ1n) is 16.1. The second kappa shape index (κ2) is 15.8. The van der Waals surface area contributed by atoms with E-state index in [1.54, 1.807) is 16.0 Å². The number of H-pyrrole nitrogens is 2. The van der Waals surface area contributed by atoms with Crippen LogP contribution in [0, 0.1) is 11.8 Å². The number of aromatic amines is 2. The Morgan fingerprint density at radius 2 is 1.35 bits per heavy atom. The maximum absolute atomic E-state index is 13.4. The molecule has 4 N–H and O–H groups in total. The van der Waals surface area contributed by atoms with Crippen LogP contribution in [0.5, 0.6) is 0 Å². The zero-order chi connectivity index (χ0) is 33.4. The van der Waals surface area contributed by atoms with E-state index in [4.69, 9.17) is 9.47 Å². The van der Waals surface area contributed by atoms with Crippen LogP contribution in [0.1, 0.15) is 94.9 Å². The lowest BCUT2D eigenvalue weighted by Crippen LogP contribution is -2.51. The van der Waals surface area contributed by atoms with Gasteiger partial charge in [0.15, 0.2) is 0 Å². The third kappa shape index (κ3) is 8.26. The molecule has 0 spiro atoms. The van der Waals surface area contributed by atoms with Crippen LogP contribution in [0.3, 0.4) is 0 Å². The van der Waals surface area contributed by atoms with Gasteiger partial charge in [-0.3, -0.25) is 9.59 Å². The normalized spacial score (nSPS) is 19.6. The van der Waals surface area contributed by atoms with Crippen molar-refractivity contribution in [3.05, 3.63) is 41.5 Å². The number of imidazole rings is 2. The van der Waals surface area contributed by atoms with Gasteiger partial charge < -0.3 is 39.9 Å². The van der Waals surface area contributed by atoms with Crippen LogP contribution in [0.4, 0.5) is 9.59 Å². The average molecular weight is 641 g/mol. The Morgan fingerprint density at radius 1 is 0.848 bits per heavy atom. The van der Waals surface area contributed by atoms with E-state index in [0.29, 0.717) is 13.1 Å². The molecular formula is C32H48N8O6. The number of alkyl carbamates (subject to hydrolysis) is 2. The van der Waals surface area contributed by atoms with Crippen LogP contribution in [-0.4, -0.2) is 93.1 Å². The number of allylic oxidation sites excluding steroid dienone is 1. The molecule has 252 valence electrons. The van der Waals surface area contributed by atoms with E-state index < -0.39 is 24.3 Å². The van der Waals surface area contributed by atoms with Crippen molar-refractivity contribution >= 4 is 30.1 Å². The third-order valence-electron chi connectivity index (χ3n) is 8.63. The molecule has 0 bridgehead atoms. The van der Waals surface area contributed by atoms with Gasteiger partial charge in [0.2, 0.25) is 11.8 Å². The fourth-order valence-corrected chi connectivity index (χ4v) is 6.11. The largest absolute Gasteiger partial charge is 0.453 e. The topological polar surface area (TPSA) is 175 Å². The maximum atomic E-state index is 13.4. The first kappa shape index (κ1) is 34.5. The first-order valence-corrected chi connectivity index (χ1v) is 16.1. The van der Waals surface area contributed by atoms with Crippen molar-refractivity contribution in [1.29, 1.82) is 0 Å². The van der Waals surface area contributed by atoms with E-state index >= 15 is 0 Å². The number of likely N-dealkylation sites (tertiary alicyclic amines) is 2. The lowest BCUT2D eigenvalue weighted by Gasteiger charge is -2.30. The molecule has 2 aromatic heterocycles. The number of carbonyl (C=O) groups excluding carboxylic acids is 4. The van der Waals surface area contributed by atoms with Gasteiger partial charge in [-0.25, -0.2) is 19.6 Å². The fourth-order valence-electron chi connectivity index (χ4n) is 6.11. The van der Waals surface area contributed by atoms with E-state index in [-0.39, 0.29) is 35.7 Å². The van der Waals surface area contributed by atoms with Crippen molar-refractivity contribution in [3.63, 3.8) is 0 Å². The summed E-state index contributed by atoms with van der Waals surface area (Å²) in [5.41, 5.74) is 1.81. The van der Waals surface area contributed by atoms with Crippen molar-refractivity contribution in [2.75, 3.05) is 27.3 Å². The number of hydrogen-bond donors (Lipinski definition) is 4. The molecule has 2 saturated heterocycles. The molecule has 4 amide bonds. The van der Waals surface area contributed by atoms with Gasteiger partial charge in [0, 0.05) is 25.0 Å². The molecule has 4 atom stereocenters. The summed E-state index contributed by atoms with van der Waals surface area (Å²) in [6, 6.07) is -1.71. The highest BCUT2D eigenvalue weighted by Gasteiger charge is 2.38. The molecule has 2 aromatic rings. The molecule has 2 aliphatic heterocycles. The average Bonchev–Trinajstić information content (AvgIpc) is 3.86. The van der Waals surface area contributed by atoms with Crippen LogP contribution < -0.4 is 10.6 Å². The second-order valence-corrected chi connectivity index (χ2v) is 12.6. The predicted molar refractivity (Wildman–Crippen MR) is 170 cm³/mol. The minimum Gasteiger partial charge on any atom is -0.453 e. The predicted octanol–water partition coefficient (Wildman–Crippen LogP) is 3.87. The van der Waals surface area contributed by atoms with Crippen LogP contribution >= 0.6 is 0 Å². The number of carbonyl (C=O) groups is 4. The van der Waals surface area contributed by atoms with Crippen LogP contribution in [-0.2, 0) is 25.5 Å². The SMILES string of the molecule is COC(=O)NC(C(=O)N1CCCC1c1ncc(CC/C=C/c2cnc([C@@H]3CCCN3C(=O)C(NC(=O)OC)C(C)C)[nH]2)[nH]1)C(C)C. The summed E-state index contributed by atoms with van der Waals surface area (Å²) in [6.07, 6.45) is 11.2. The number of amides is 4. The zero-order valence-electron chi connectivity index (χ0n) is 27.7. The molecule has 2 fully saturated rings. The van der Waals surface area contributed by atoms with E-state index in [1.807, 2.05) is 40.0 Å². The molecule has 14 heteroatoms. The molecule has 14 nitrogen and oxygen atoms in total. The summed E-state index contributed by atoms with van der Waals surface area (Å²) in [4.78, 5) is 69.9. The van der Waals surface area contributed by atoms with Crippen LogP contribution in [0.2, 0.25) is 0 Å². The number of hydrogen-bond acceptors (Lipinski definition) is 8. The van der Waals surface area contributed by atoms with Gasteiger partial charge >= 0.3 is 12.2 Å². The standard InChI is InChI=1S/C32H48N8O6/c1-19(2)25(37-31(43)45-5)29(41)39-15-9-13-23(39)27-33-17-21(35-27)11-7-8-12-22-18-34-28(36-22)24-14-10-16-40(24)30(42)26(20(3)4)38-32(44)46-6/h7,11,17-20,23-26H,8-10,12-16H2,1-6H3,(H,33,35)(H,34,36)(H,37,43)(H,38,44)/b11-7+/t23-,24?,25?,26?/m0/s1. The molecule has 4 rings (SSSR count). The molecule has 0 radical (unpaired) electrons. The van der Waals surface area contributed by atoms with Gasteiger partial charge in [-0.1, -0.05) is 33.8 Å². The van der Waals surface area contributed by atoms with Crippen molar-refractivity contribution in [3.8, 4) is 0 Å². The number of nitrogens with zero attached hydrogens (tertiary/aromatic N) is 4. The minimum absolute atomic E-state index is 0.0927. The zero-order valence-corrected chi connectivity index (χ0v) is 27.7. The number of nitrogens with one attached hydrogen (secondary N) is 4. The second-order valence-electron chi connectivity index (χ2n) is 12.6. The van der Waals surface area contributed by atoms with Crippen LogP contribution in [0.15, 0.2) is 18.5 Å². The Hall–Kier alpha value is -4.36. The summed E-state index contributed by atoms with van der Waals surface area (Å²) in [7, 11) is 2.57. The summed E-state index contributed by atoms with van der Waals surface area (Å²) in [6.45, 7) is 8.78. The minimum atomic E-state index is -0.678. The maximum Gasteiger partial charge on any atom is 0.407 e. The molecule has 0 aromatic carbocycles. The highest BCUT2D eigenvalue weighted by atomic mass is 16.5. The quantitative estimate of drug-likeness (QED) is 0.270. The van der Waals surface area contributed by atoms with Gasteiger partial charge in [0.05, 0.1) is 38.2 Å². The number of aryl methyl sites for hydroxylation is 1. The van der Waals surface area contributed by atoms with E-state index in [9.17, 15) is 19.2 Å². The number of ether oxygens (including phenoxy) is 2. The lowest BCUT2D eigenvalue weighted by molar-refractivity contribution is -0.136. The molecule has 4 heterocycles. The van der Waals surface area contributed by atoms with Crippen LogP contribution in [0.25, 0.3) is 6.08 Å². The highest BCUT2D eigenvalue weighted by molar-refractivity contribution is 5.87. The van der Waals surface area contributed by atoms with Gasteiger partial charge in [-0.15, -0.1) is 0 Å². The number of aromatic nitrogens is 4. The van der Waals surface area contributed by atoms with Gasteiger partial charge in [-0.2, -0.15) is 0 Å². The summed E-state index contributed by atoms with van der Waals surface area (Å²) >= 11 is 0. The number of rotatable bonds is 12. The Labute approximate surface area is 270 Å². The van der Waals surface area contributed by atoms with Gasteiger partial charge in [0.25, 0.3) is 0 Å². The summed E-state index contributed by atoms with van der Waals surface area (Å²) < 4.78 is 9.44. The Morgan fingerprint density at radius 3 is 1.85 bits per heavy atom. The van der Waals surface area contributed by atoms with Gasteiger partial charge in [0.1, 0.15) is 23.7 Å². The van der Waals surface area contributed by atoms with E-state index in [0.717, 1.165) is 61.6 Å². The summed E-state index contributed by atoms with van der Waals surface area (Å²) in [5.74, 6) is 1.01. The fraction of sp³-hybridized carbons (Fsp3) is 0.625. The smallest absolute Gasteiger partial charge is 0.407 e. The lowest BCUT2D eigenvalue weighted by atomic mass is 10.0. The molecular weight excluding hydrogens is 592 g/mol. The van der Waals surface area contributed by atoms with E-state index in [1.165, 1.54) is 14.2 Å². The monoisotopic (exact) mass is 640 g/mol. The van der Waals surface area contributed by atoms with Gasteiger partial charge in [-0.05, 0) is 56.4 Å².